The first-order valence-corrected chi connectivity index (χ1v) is 6.02. The first kappa shape index (κ1) is 12.3. The van der Waals surface area contributed by atoms with Gasteiger partial charge in [0.2, 0.25) is 0 Å². The molecule has 6 heteroatoms. The first-order valence-electron chi connectivity index (χ1n) is 5.08. The summed E-state index contributed by atoms with van der Waals surface area (Å²) < 4.78 is 5.39. The van der Waals surface area contributed by atoms with Crippen LogP contribution in [0.5, 0.6) is 5.75 Å². The van der Waals surface area contributed by atoms with Crippen molar-refractivity contribution in [3.63, 3.8) is 0 Å². The zero-order valence-electron chi connectivity index (χ0n) is 9.24. The summed E-state index contributed by atoms with van der Waals surface area (Å²) in [6.45, 7) is 0.269. The van der Waals surface area contributed by atoms with Crippen LogP contribution in [-0.4, -0.2) is 11.2 Å². The third-order valence-electron chi connectivity index (χ3n) is 2.29. The Balaban J connectivity index is 2.21. The second-order valence-corrected chi connectivity index (χ2v) is 4.30. The van der Waals surface area contributed by atoms with E-state index in [4.69, 9.17) is 4.74 Å². The molecule has 5 nitrogen and oxygen atoms in total. The lowest BCUT2D eigenvalue weighted by atomic mass is 10.2. The predicted octanol–water partition coefficient (Wildman–Crippen LogP) is 3.05. The van der Waals surface area contributed by atoms with Crippen LogP contribution in [0.3, 0.4) is 0 Å². The van der Waals surface area contributed by atoms with Crippen LogP contribution in [0, 0.1) is 10.1 Å². The van der Waals surface area contributed by atoms with Crippen molar-refractivity contribution in [2.45, 2.75) is 6.61 Å². The molecular weight excluding hydrogens is 254 g/mol. The third-order valence-corrected chi connectivity index (χ3v) is 3.02. The van der Waals surface area contributed by atoms with Crippen LogP contribution in [0.1, 0.15) is 15.9 Å². The van der Waals surface area contributed by atoms with Crippen molar-refractivity contribution in [3.8, 4) is 5.75 Å². The lowest BCUT2D eigenvalue weighted by Crippen LogP contribution is -1.99. The molecule has 0 atom stereocenters. The molecular formula is C12H9NO4S. The summed E-state index contributed by atoms with van der Waals surface area (Å²) in [6, 6.07) is 6.02. The smallest absolute Gasteiger partial charge is 0.311 e. The largest absolute Gasteiger partial charge is 0.482 e. The Morgan fingerprint density at radius 2 is 2.22 bits per heavy atom. The van der Waals surface area contributed by atoms with Crippen LogP contribution in [0.2, 0.25) is 0 Å². The highest BCUT2D eigenvalue weighted by Crippen LogP contribution is 2.28. The average molecular weight is 263 g/mol. The van der Waals surface area contributed by atoms with Gasteiger partial charge < -0.3 is 4.74 Å². The van der Waals surface area contributed by atoms with E-state index in [1.54, 1.807) is 0 Å². The lowest BCUT2D eigenvalue weighted by Gasteiger charge is -2.05. The topological polar surface area (TPSA) is 69.4 Å². The molecule has 0 aliphatic heterocycles. The van der Waals surface area contributed by atoms with Crippen molar-refractivity contribution in [1.82, 2.24) is 0 Å². The quantitative estimate of drug-likeness (QED) is 0.472. The highest BCUT2D eigenvalue weighted by atomic mass is 32.1. The van der Waals surface area contributed by atoms with Gasteiger partial charge in [0.1, 0.15) is 12.9 Å². The van der Waals surface area contributed by atoms with Gasteiger partial charge in [-0.2, -0.15) is 11.3 Å². The minimum Gasteiger partial charge on any atom is -0.482 e. The molecule has 1 aromatic carbocycles. The van der Waals surface area contributed by atoms with Crippen LogP contribution >= 0.6 is 11.3 Å². The van der Waals surface area contributed by atoms with Crippen molar-refractivity contribution in [2.75, 3.05) is 0 Å². The van der Waals surface area contributed by atoms with Crippen molar-refractivity contribution >= 4 is 23.3 Å². The molecule has 0 aliphatic rings. The molecule has 2 rings (SSSR count). The normalized spacial score (nSPS) is 10.0. The van der Waals surface area contributed by atoms with Crippen molar-refractivity contribution in [3.05, 3.63) is 56.3 Å². The van der Waals surface area contributed by atoms with Gasteiger partial charge in [0, 0.05) is 11.6 Å². The summed E-state index contributed by atoms with van der Waals surface area (Å²) in [6.07, 6.45) is 0.565. The first-order chi connectivity index (χ1) is 8.70. The number of aldehydes is 1. The second kappa shape index (κ2) is 5.42. The van der Waals surface area contributed by atoms with Gasteiger partial charge in [-0.25, -0.2) is 0 Å². The van der Waals surface area contributed by atoms with Gasteiger partial charge >= 0.3 is 5.69 Å². The van der Waals surface area contributed by atoms with Gasteiger partial charge in [0.05, 0.1) is 4.92 Å². The number of thiophene rings is 1. The summed E-state index contributed by atoms with van der Waals surface area (Å²) in [5, 5.41) is 14.7. The van der Waals surface area contributed by atoms with E-state index < -0.39 is 4.92 Å². The number of nitro benzene ring substituents is 1. The van der Waals surface area contributed by atoms with Crippen LogP contribution in [-0.2, 0) is 6.61 Å². The molecule has 2 aromatic rings. The van der Waals surface area contributed by atoms with Crippen LogP contribution in [0.15, 0.2) is 35.0 Å². The van der Waals surface area contributed by atoms with Crippen molar-refractivity contribution in [2.24, 2.45) is 0 Å². The van der Waals surface area contributed by atoms with E-state index in [0.717, 1.165) is 5.56 Å². The molecule has 1 aromatic heterocycles. The molecule has 92 valence electrons. The van der Waals surface area contributed by atoms with E-state index in [9.17, 15) is 14.9 Å². The van der Waals surface area contributed by atoms with Gasteiger partial charge in [-0.3, -0.25) is 14.9 Å². The summed E-state index contributed by atoms with van der Waals surface area (Å²) in [5.74, 6) is 0.164. The zero-order chi connectivity index (χ0) is 13.0. The molecule has 18 heavy (non-hydrogen) atoms. The van der Waals surface area contributed by atoms with E-state index in [0.29, 0.717) is 6.29 Å². The maximum Gasteiger partial charge on any atom is 0.311 e. The van der Waals surface area contributed by atoms with Crippen LogP contribution in [0.25, 0.3) is 0 Å². The molecule has 0 radical (unpaired) electrons. The predicted molar refractivity (Wildman–Crippen MR) is 67.1 cm³/mol. The fraction of sp³-hybridized carbons (Fsp3) is 0.0833. The van der Waals surface area contributed by atoms with Crippen molar-refractivity contribution in [1.29, 1.82) is 0 Å². The minimum atomic E-state index is -0.560. The molecule has 0 unspecified atom stereocenters. The van der Waals surface area contributed by atoms with Gasteiger partial charge in [-0.15, -0.1) is 0 Å². The highest BCUT2D eigenvalue weighted by molar-refractivity contribution is 7.07. The van der Waals surface area contributed by atoms with E-state index in [1.807, 2.05) is 16.8 Å². The molecule has 0 saturated carbocycles. The Morgan fingerprint density at radius 3 is 2.83 bits per heavy atom. The SMILES string of the molecule is O=Cc1ccc(OCc2ccsc2)c([N+](=O)[O-])c1. The number of hydrogen-bond acceptors (Lipinski definition) is 5. The fourth-order valence-corrected chi connectivity index (χ4v) is 2.06. The Hall–Kier alpha value is -2.21. The maximum absolute atomic E-state index is 10.9. The molecule has 0 spiro atoms. The number of hydrogen-bond donors (Lipinski definition) is 0. The lowest BCUT2D eigenvalue weighted by molar-refractivity contribution is -0.386. The number of ether oxygens (including phenoxy) is 1. The third kappa shape index (κ3) is 2.72. The number of benzene rings is 1. The molecule has 0 aliphatic carbocycles. The highest BCUT2D eigenvalue weighted by Gasteiger charge is 2.16. The Labute approximate surface area is 107 Å². The standard InChI is InChI=1S/C12H9NO4S/c14-6-9-1-2-12(11(5-9)13(15)16)17-7-10-3-4-18-8-10/h1-6,8H,7H2. The fourth-order valence-electron chi connectivity index (χ4n) is 1.41. The number of carbonyl (C=O) groups is 1. The van der Waals surface area contributed by atoms with Gasteiger partial charge in [0.25, 0.3) is 0 Å². The average Bonchev–Trinajstić information content (AvgIpc) is 2.89. The molecule has 0 N–H and O–H groups in total. The number of nitro groups is 1. The summed E-state index contributed by atoms with van der Waals surface area (Å²) in [4.78, 5) is 20.9. The van der Waals surface area contributed by atoms with E-state index in [-0.39, 0.29) is 23.6 Å². The van der Waals surface area contributed by atoms with Crippen molar-refractivity contribution < 1.29 is 14.5 Å². The zero-order valence-corrected chi connectivity index (χ0v) is 10.1. The molecule has 0 fully saturated rings. The molecule has 0 amide bonds. The Morgan fingerprint density at radius 1 is 1.39 bits per heavy atom. The van der Waals surface area contributed by atoms with E-state index >= 15 is 0 Å². The number of carbonyl (C=O) groups excluding carboxylic acids is 1. The van der Waals surface area contributed by atoms with Gasteiger partial charge in [0.15, 0.2) is 5.75 Å². The molecule has 0 bridgehead atoms. The summed E-state index contributed by atoms with van der Waals surface area (Å²) in [5.41, 5.74) is 1.01. The molecule has 1 heterocycles. The van der Waals surface area contributed by atoms with Gasteiger partial charge in [-0.05, 0) is 34.5 Å². The van der Waals surface area contributed by atoms with Gasteiger partial charge in [-0.1, -0.05) is 0 Å². The second-order valence-electron chi connectivity index (χ2n) is 3.52. The molecule has 0 saturated heterocycles. The van der Waals surface area contributed by atoms with Crippen LogP contribution < -0.4 is 4.74 Å². The maximum atomic E-state index is 10.9. The Bertz CT molecular complexity index is 565. The monoisotopic (exact) mass is 263 g/mol. The minimum absolute atomic E-state index is 0.164. The number of rotatable bonds is 5. The van der Waals surface area contributed by atoms with Crippen LogP contribution in [0.4, 0.5) is 5.69 Å². The Kier molecular flexibility index (Phi) is 3.69. The van der Waals surface area contributed by atoms with E-state index in [1.165, 1.54) is 29.5 Å². The number of nitrogens with zero attached hydrogens (tertiary/aromatic N) is 1. The summed E-state index contributed by atoms with van der Waals surface area (Å²) in [7, 11) is 0. The van der Waals surface area contributed by atoms with E-state index in [2.05, 4.69) is 0 Å². The summed E-state index contributed by atoms with van der Waals surface area (Å²) >= 11 is 1.53.